The first-order valence-electron chi connectivity index (χ1n) is 10.3. The van der Waals surface area contributed by atoms with Crippen molar-refractivity contribution < 1.29 is 17.9 Å². The average Bonchev–Trinajstić information content (AvgIpc) is 2.95. The molecule has 3 aromatic rings. The molecule has 32 heavy (non-hydrogen) atoms. The molecule has 0 atom stereocenters. The summed E-state index contributed by atoms with van der Waals surface area (Å²) < 4.78 is 44.2. The highest BCUT2D eigenvalue weighted by atomic mass is 19.4. The summed E-state index contributed by atoms with van der Waals surface area (Å²) in [5, 5.41) is 0. The number of aliphatic imine (C=N–C) groups is 1. The number of alkyl halides is 3. The van der Waals surface area contributed by atoms with Crippen molar-refractivity contribution in [1.29, 1.82) is 0 Å². The second-order valence-electron chi connectivity index (χ2n) is 7.56. The van der Waals surface area contributed by atoms with E-state index >= 15 is 0 Å². The molecule has 0 amide bonds. The zero-order chi connectivity index (χ0) is 22.6. The van der Waals surface area contributed by atoms with Gasteiger partial charge in [0.15, 0.2) is 0 Å². The minimum Gasteiger partial charge on any atom is -0.488 e. The van der Waals surface area contributed by atoms with Crippen LogP contribution in [0.25, 0.3) is 6.08 Å². The lowest BCUT2D eigenvalue weighted by molar-refractivity contribution is -0.137. The van der Waals surface area contributed by atoms with Crippen molar-refractivity contribution in [3.63, 3.8) is 0 Å². The molecule has 0 N–H and O–H groups in total. The van der Waals surface area contributed by atoms with Crippen LogP contribution in [0.5, 0.6) is 5.75 Å². The van der Waals surface area contributed by atoms with E-state index in [1.54, 1.807) is 0 Å². The highest BCUT2D eigenvalue weighted by Crippen LogP contribution is 2.29. The standard InChI is InChI=1S/C26H23F3N2O/c1-31-17-16-30-23(22-7-3-4-8-24(22)31)15-12-20-6-2-5-9-25(20)32-18-19-10-13-21(14-11-19)26(27,28)29/h2-15H,16-18H2,1H3. The van der Waals surface area contributed by atoms with Crippen molar-refractivity contribution in [1.82, 2.24) is 0 Å². The van der Waals surface area contributed by atoms with E-state index in [0.29, 0.717) is 17.9 Å². The number of likely N-dealkylation sites (N-methyl/N-ethyl adjacent to an activating group) is 1. The van der Waals surface area contributed by atoms with Crippen LogP contribution in [0.2, 0.25) is 0 Å². The van der Waals surface area contributed by atoms with Crippen LogP contribution in [0.1, 0.15) is 22.3 Å². The van der Waals surface area contributed by atoms with Crippen LogP contribution in [0.3, 0.4) is 0 Å². The summed E-state index contributed by atoms with van der Waals surface area (Å²) in [5.41, 5.74) is 3.99. The Hall–Kier alpha value is -3.54. The van der Waals surface area contributed by atoms with Crippen molar-refractivity contribution >= 4 is 17.5 Å². The molecule has 0 spiro atoms. The van der Waals surface area contributed by atoms with Crippen LogP contribution in [-0.2, 0) is 12.8 Å². The summed E-state index contributed by atoms with van der Waals surface area (Å²) in [6.07, 6.45) is -0.397. The third kappa shape index (κ3) is 5.02. The van der Waals surface area contributed by atoms with Crippen LogP contribution in [0.4, 0.5) is 18.9 Å². The van der Waals surface area contributed by atoms with Gasteiger partial charge in [-0.2, -0.15) is 13.2 Å². The third-order valence-electron chi connectivity index (χ3n) is 5.32. The lowest BCUT2D eigenvalue weighted by Crippen LogP contribution is -2.20. The van der Waals surface area contributed by atoms with Crippen LogP contribution >= 0.6 is 0 Å². The topological polar surface area (TPSA) is 24.8 Å². The summed E-state index contributed by atoms with van der Waals surface area (Å²) in [5.74, 6) is 0.656. The lowest BCUT2D eigenvalue weighted by Gasteiger charge is -2.18. The van der Waals surface area contributed by atoms with Crippen molar-refractivity contribution in [2.24, 2.45) is 4.99 Å². The molecule has 0 unspecified atom stereocenters. The van der Waals surface area contributed by atoms with Gasteiger partial charge in [-0.05, 0) is 42.0 Å². The van der Waals surface area contributed by atoms with E-state index in [1.807, 2.05) is 48.6 Å². The van der Waals surface area contributed by atoms with E-state index in [1.165, 1.54) is 12.1 Å². The summed E-state index contributed by atoms with van der Waals surface area (Å²) in [7, 11) is 2.06. The predicted octanol–water partition coefficient (Wildman–Crippen LogP) is 6.24. The molecule has 0 bridgehead atoms. The highest BCUT2D eigenvalue weighted by molar-refractivity contribution is 6.14. The molecule has 4 rings (SSSR count). The van der Waals surface area contributed by atoms with Gasteiger partial charge < -0.3 is 9.64 Å². The van der Waals surface area contributed by atoms with Gasteiger partial charge in [0.2, 0.25) is 0 Å². The van der Waals surface area contributed by atoms with E-state index in [-0.39, 0.29) is 6.61 Å². The van der Waals surface area contributed by atoms with Crippen LogP contribution in [0.15, 0.2) is 83.9 Å². The maximum atomic E-state index is 12.7. The molecule has 0 fully saturated rings. The van der Waals surface area contributed by atoms with E-state index in [4.69, 9.17) is 9.73 Å². The number of anilines is 1. The largest absolute Gasteiger partial charge is 0.488 e. The van der Waals surface area contributed by atoms with Crippen LogP contribution in [0, 0.1) is 0 Å². The van der Waals surface area contributed by atoms with Crippen molar-refractivity contribution in [2.75, 3.05) is 25.0 Å². The molecule has 1 aliphatic rings. The Labute approximate surface area is 185 Å². The molecule has 6 heteroatoms. The van der Waals surface area contributed by atoms with E-state index in [9.17, 15) is 13.2 Å². The fraction of sp³-hybridized carbons (Fsp3) is 0.192. The van der Waals surface area contributed by atoms with Crippen molar-refractivity contribution in [3.8, 4) is 5.75 Å². The number of nitrogens with zero attached hydrogens (tertiary/aromatic N) is 2. The normalized spacial score (nSPS) is 14.1. The first-order chi connectivity index (χ1) is 15.4. The average molecular weight is 436 g/mol. The fourth-order valence-electron chi connectivity index (χ4n) is 3.56. The monoisotopic (exact) mass is 436 g/mol. The van der Waals surface area contributed by atoms with Gasteiger partial charge in [-0.15, -0.1) is 0 Å². The molecule has 0 saturated heterocycles. The van der Waals surface area contributed by atoms with Gasteiger partial charge in [0.1, 0.15) is 12.4 Å². The number of rotatable bonds is 5. The molecule has 0 aromatic heterocycles. The Morgan fingerprint density at radius 2 is 1.66 bits per heavy atom. The number of benzodiazepines with no additional fused rings is 1. The lowest BCUT2D eigenvalue weighted by atomic mass is 10.1. The van der Waals surface area contributed by atoms with Gasteiger partial charge in [0.25, 0.3) is 0 Å². The van der Waals surface area contributed by atoms with Crippen LogP contribution < -0.4 is 9.64 Å². The SMILES string of the molecule is CN1CCN=C(C=Cc2ccccc2OCc2ccc(C(F)(F)F)cc2)c2ccccc21. The Balaban J connectivity index is 1.51. The highest BCUT2D eigenvalue weighted by Gasteiger charge is 2.29. The van der Waals surface area contributed by atoms with E-state index in [0.717, 1.165) is 41.2 Å². The Kier molecular flexibility index (Phi) is 6.30. The molecule has 0 saturated carbocycles. The number of hydrogen-bond donors (Lipinski definition) is 0. The molecule has 1 heterocycles. The number of ether oxygens (including phenoxy) is 1. The van der Waals surface area contributed by atoms with Crippen molar-refractivity contribution in [3.05, 3.63) is 101 Å². The number of hydrogen-bond acceptors (Lipinski definition) is 3. The van der Waals surface area contributed by atoms with E-state index < -0.39 is 11.7 Å². The molecule has 164 valence electrons. The molecular formula is C26H23F3N2O. The molecular weight excluding hydrogens is 413 g/mol. The Morgan fingerprint density at radius 3 is 2.44 bits per heavy atom. The minimum atomic E-state index is -4.34. The summed E-state index contributed by atoms with van der Waals surface area (Å²) in [6.45, 7) is 1.73. The zero-order valence-corrected chi connectivity index (χ0v) is 17.6. The van der Waals surface area contributed by atoms with Gasteiger partial charge in [-0.1, -0.05) is 48.5 Å². The van der Waals surface area contributed by atoms with Gasteiger partial charge in [-0.25, -0.2) is 0 Å². The first kappa shape index (κ1) is 21.7. The second-order valence-corrected chi connectivity index (χ2v) is 7.56. The summed E-state index contributed by atoms with van der Waals surface area (Å²) in [4.78, 5) is 6.93. The molecule has 3 aromatic carbocycles. The quantitative estimate of drug-likeness (QED) is 0.473. The fourth-order valence-corrected chi connectivity index (χ4v) is 3.56. The molecule has 0 aliphatic carbocycles. The van der Waals surface area contributed by atoms with Gasteiger partial charge in [-0.3, -0.25) is 4.99 Å². The number of allylic oxidation sites excluding steroid dienone is 1. The number of para-hydroxylation sites is 2. The molecule has 0 radical (unpaired) electrons. The van der Waals surface area contributed by atoms with E-state index in [2.05, 4.69) is 24.1 Å². The smallest absolute Gasteiger partial charge is 0.416 e. The second kappa shape index (κ2) is 9.30. The maximum absolute atomic E-state index is 12.7. The zero-order valence-electron chi connectivity index (χ0n) is 17.6. The maximum Gasteiger partial charge on any atom is 0.416 e. The van der Waals surface area contributed by atoms with Crippen LogP contribution in [-0.4, -0.2) is 25.8 Å². The molecule has 3 nitrogen and oxygen atoms in total. The predicted molar refractivity (Wildman–Crippen MR) is 122 cm³/mol. The van der Waals surface area contributed by atoms with Crippen molar-refractivity contribution in [2.45, 2.75) is 12.8 Å². The van der Waals surface area contributed by atoms with Gasteiger partial charge in [0, 0.05) is 30.4 Å². The first-order valence-corrected chi connectivity index (χ1v) is 10.3. The summed E-state index contributed by atoms with van der Waals surface area (Å²) >= 11 is 0. The Bertz CT molecular complexity index is 1130. The Morgan fingerprint density at radius 1 is 0.938 bits per heavy atom. The number of fused-ring (bicyclic) bond motifs is 1. The molecule has 1 aliphatic heterocycles. The number of benzene rings is 3. The van der Waals surface area contributed by atoms with Gasteiger partial charge in [0.05, 0.1) is 17.8 Å². The third-order valence-corrected chi connectivity index (χ3v) is 5.32. The van der Waals surface area contributed by atoms with Gasteiger partial charge >= 0.3 is 6.18 Å². The summed E-state index contributed by atoms with van der Waals surface area (Å²) in [6, 6.07) is 20.8. The minimum absolute atomic E-state index is 0.178. The number of halogens is 3.